The van der Waals surface area contributed by atoms with Crippen LogP contribution in [0, 0.1) is 17.2 Å². The van der Waals surface area contributed by atoms with Crippen molar-refractivity contribution in [1.29, 1.82) is 5.26 Å². The Hall–Kier alpha value is -1.34. The largest absolute Gasteiger partial charge is 0.222 e. The molecule has 17 heavy (non-hydrogen) atoms. The highest BCUT2D eigenvalue weighted by atomic mass is 32.2. The fourth-order valence-electron chi connectivity index (χ4n) is 1.64. The summed E-state index contributed by atoms with van der Waals surface area (Å²) in [4.78, 5) is 0.231. The van der Waals surface area contributed by atoms with Crippen molar-refractivity contribution in [3.8, 4) is 6.07 Å². The number of sulfone groups is 1. The average molecular weight is 251 g/mol. The first-order chi connectivity index (χ1) is 7.93. The summed E-state index contributed by atoms with van der Waals surface area (Å²) in [5, 5.41) is 7.99. The predicted octanol–water partition coefficient (Wildman–Crippen LogP) is 2.57. The van der Waals surface area contributed by atoms with Crippen LogP contribution in [0.4, 0.5) is 0 Å². The molecule has 92 valence electrons. The van der Waals surface area contributed by atoms with Gasteiger partial charge in [0.2, 0.25) is 0 Å². The summed E-state index contributed by atoms with van der Waals surface area (Å²) in [6.07, 6.45) is 0.867. The molecule has 0 fully saturated rings. The molecule has 0 N–H and O–H groups in total. The second kappa shape index (κ2) is 5.33. The Morgan fingerprint density at radius 3 is 2.12 bits per heavy atom. The number of hydrogen-bond donors (Lipinski definition) is 0. The van der Waals surface area contributed by atoms with E-state index >= 15 is 0 Å². The number of aryl methyl sites for hydroxylation is 1. The van der Waals surface area contributed by atoms with E-state index in [4.69, 9.17) is 5.26 Å². The quantitative estimate of drug-likeness (QED) is 0.826. The Balaban J connectivity index is 3.17. The first kappa shape index (κ1) is 13.7. The molecular formula is C13H17NO2S. The van der Waals surface area contributed by atoms with Gasteiger partial charge >= 0.3 is 0 Å². The van der Waals surface area contributed by atoms with Gasteiger partial charge in [-0.15, -0.1) is 0 Å². The maximum absolute atomic E-state index is 12.2. The van der Waals surface area contributed by atoms with Crippen LogP contribution in [0.15, 0.2) is 29.2 Å². The molecule has 1 atom stereocenters. The van der Waals surface area contributed by atoms with Crippen LogP contribution in [0.3, 0.4) is 0 Å². The van der Waals surface area contributed by atoms with Crippen molar-refractivity contribution in [2.45, 2.75) is 37.3 Å². The minimum absolute atomic E-state index is 0.212. The molecule has 0 amide bonds. The highest BCUT2D eigenvalue weighted by Crippen LogP contribution is 2.21. The van der Waals surface area contributed by atoms with Gasteiger partial charge in [-0.3, -0.25) is 0 Å². The van der Waals surface area contributed by atoms with Crippen LogP contribution in [-0.2, 0) is 16.3 Å². The molecule has 0 aliphatic carbocycles. The molecule has 0 spiro atoms. The molecule has 0 saturated carbocycles. The van der Waals surface area contributed by atoms with Crippen molar-refractivity contribution in [1.82, 2.24) is 0 Å². The van der Waals surface area contributed by atoms with Crippen LogP contribution >= 0.6 is 0 Å². The molecule has 1 rings (SSSR count). The third kappa shape index (κ3) is 2.86. The highest BCUT2D eigenvalue weighted by molar-refractivity contribution is 7.92. The van der Waals surface area contributed by atoms with Gasteiger partial charge < -0.3 is 0 Å². The van der Waals surface area contributed by atoms with Crippen molar-refractivity contribution in [3.05, 3.63) is 29.8 Å². The fourth-order valence-corrected chi connectivity index (χ4v) is 3.30. The number of nitrogens with zero attached hydrogens (tertiary/aromatic N) is 1. The summed E-state index contributed by atoms with van der Waals surface area (Å²) in [5.41, 5.74) is 1.09. The standard InChI is InChI=1S/C13H17NO2S/c1-4-11-5-7-12(8-6-11)17(15,16)13(9-14)10(2)3/h5-8,10,13H,4H2,1-3H3. The molecule has 0 saturated heterocycles. The lowest BCUT2D eigenvalue weighted by molar-refractivity contribution is 0.563. The lowest BCUT2D eigenvalue weighted by atomic mass is 10.1. The first-order valence-corrected chi connectivity index (χ1v) is 7.20. The number of hydrogen-bond acceptors (Lipinski definition) is 3. The molecule has 1 aromatic rings. The average Bonchev–Trinajstić information content (AvgIpc) is 2.29. The predicted molar refractivity (Wildman–Crippen MR) is 67.2 cm³/mol. The summed E-state index contributed by atoms with van der Waals surface area (Å²) in [5.74, 6) is -0.212. The Bertz CT molecular complexity index is 509. The Morgan fingerprint density at radius 1 is 1.24 bits per heavy atom. The monoisotopic (exact) mass is 251 g/mol. The van der Waals surface area contributed by atoms with Crippen molar-refractivity contribution in [3.63, 3.8) is 0 Å². The van der Waals surface area contributed by atoms with E-state index in [2.05, 4.69) is 0 Å². The van der Waals surface area contributed by atoms with E-state index in [1.807, 2.05) is 13.0 Å². The zero-order valence-electron chi connectivity index (χ0n) is 10.3. The summed E-state index contributed by atoms with van der Waals surface area (Å²) in [6.45, 7) is 5.49. The van der Waals surface area contributed by atoms with E-state index in [1.165, 1.54) is 0 Å². The van der Waals surface area contributed by atoms with Gasteiger partial charge in [0, 0.05) is 0 Å². The number of benzene rings is 1. The van der Waals surface area contributed by atoms with Crippen molar-refractivity contribution in [2.24, 2.45) is 5.92 Å². The van der Waals surface area contributed by atoms with E-state index in [1.54, 1.807) is 38.1 Å². The minimum atomic E-state index is -3.54. The van der Waals surface area contributed by atoms with E-state index in [9.17, 15) is 8.42 Å². The van der Waals surface area contributed by atoms with Crippen LogP contribution in [0.5, 0.6) is 0 Å². The lowest BCUT2D eigenvalue weighted by Crippen LogP contribution is -2.25. The molecule has 4 heteroatoms. The second-order valence-electron chi connectivity index (χ2n) is 4.34. The van der Waals surface area contributed by atoms with E-state index in [-0.39, 0.29) is 10.8 Å². The molecule has 0 aliphatic rings. The Morgan fingerprint density at radius 2 is 1.76 bits per heavy atom. The van der Waals surface area contributed by atoms with Gasteiger partial charge in [-0.2, -0.15) is 5.26 Å². The van der Waals surface area contributed by atoms with Gasteiger partial charge in [0.25, 0.3) is 0 Å². The zero-order valence-corrected chi connectivity index (χ0v) is 11.2. The third-order valence-corrected chi connectivity index (χ3v) is 4.97. The SMILES string of the molecule is CCc1ccc(S(=O)(=O)C(C#N)C(C)C)cc1. The van der Waals surface area contributed by atoms with Crippen LogP contribution in [-0.4, -0.2) is 13.7 Å². The van der Waals surface area contributed by atoms with Gasteiger partial charge in [-0.05, 0) is 30.0 Å². The van der Waals surface area contributed by atoms with Gasteiger partial charge in [0.1, 0.15) is 0 Å². The summed E-state index contributed by atoms with van der Waals surface area (Å²) >= 11 is 0. The fraction of sp³-hybridized carbons (Fsp3) is 0.462. The first-order valence-electron chi connectivity index (χ1n) is 5.66. The minimum Gasteiger partial charge on any atom is -0.222 e. The van der Waals surface area contributed by atoms with Crippen LogP contribution in [0.2, 0.25) is 0 Å². The lowest BCUT2D eigenvalue weighted by Gasteiger charge is -2.14. The Kier molecular flexibility index (Phi) is 4.30. The topological polar surface area (TPSA) is 57.9 Å². The smallest absolute Gasteiger partial charge is 0.194 e. The highest BCUT2D eigenvalue weighted by Gasteiger charge is 2.29. The molecule has 1 aromatic carbocycles. The molecule has 1 unspecified atom stereocenters. The number of nitriles is 1. The van der Waals surface area contributed by atoms with E-state index in [0.717, 1.165) is 12.0 Å². The molecule has 0 heterocycles. The summed E-state index contributed by atoms with van der Waals surface area (Å²) < 4.78 is 24.4. The normalized spacial score (nSPS) is 13.4. The maximum Gasteiger partial charge on any atom is 0.194 e. The van der Waals surface area contributed by atoms with E-state index in [0.29, 0.717) is 0 Å². The van der Waals surface area contributed by atoms with Gasteiger partial charge in [0.15, 0.2) is 15.1 Å². The molecular weight excluding hydrogens is 234 g/mol. The summed E-state index contributed by atoms with van der Waals surface area (Å²) in [6, 6.07) is 8.64. The van der Waals surface area contributed by atoms with Crippen LogP contribution in [0.1, 0.15) is 26.3 Å². The molecule has 3 nitrogen and oxygen atoms in total. The van der Waals surface area contributed by atoms with Crippen molar-refractivity contribution >= 4 is 9.84 Å². The van der Waals surface area contributed by atoms with Gasteiger partial charge in [0.05, 0.1) is 11.0 Å². The van der Waals surface area contributed by atoms with Crippen molar-refractivity contribution < 1.29 is 8.42 Å². The molecule has 0 bridgehead atoms. The van der Waals surface area contributed by atoms with Crippen LogP contribution in [0.25, 0.3) is 0 Å². The molecule has 0 radical (unpaired) electrons. The van der Waals surface area contributed by atoms with Crippen LogP contribution < -0.4 is 0 Å². The Labute approximate surface area is 103 Å². The van der Waals surface area contributed by atoms with E-state index < -0.39 is 15.1 Å². The second-order valence-corrected chi connectivity index (χ2v) is 6.41. The zero-order chi connectivity index (χ0) is 13.1. The number of rotatable bonds is 4. The summed E-state index contributed by atoms with van der Waals surface area (Å²) in [7, 11) is -3.54. The van der Waals surface area contributed by atoms with Crippen molar-refractivity contribution in [2.75, 3.05) is 0 Å². The van der Waals surface area contributed by atoms with Gasteiger partial charge in [-0.25, -0.2) is 8.42 Å². The molecule has 0 aliphatic heterocycles. The molecule has 0 aromatic heterocycles. The maximum atomic E-state index is 12.2. The third-order valence-electron chi connectivity index (χ3n) is 2.73. The van der Waals surface area contributed by atoms with Gasteiger partial charge in [-0.1, -0.05) is 32.9 Å².